The fraction of sp³-hybridized carbons (Fsp3) is 0.591. The second-order valence-electron chi connectivity index (χ2n) is 5.00. The van der Waals surface area contributed by atoms with Gasteiger partial charge in [0.2, 0.25) is 0 Å². The quantitative estimate of drug-likeness (QED) is 0.392. The van der Waals surface area contributed by atoms with Gasteiger partial charge in [-0.05, 0) is 0 Å². The van der Waals surface area contributed by atoms with Crippen LogP contribution in [0.15, 0.2) is 35.5 Å². The molecular formula is C22H38N2Ti-4. The van der Waals surface area contributed by atoms with Gasteiger partial charge in [0.1, 0.15) is 0 Å². The first-order valence-electron chi connectivity index (χ1n) is 9.23. The summed E-state index contributed by atoms with van der Waals surface area (Å²) in [5, 5.41) is 7.94. The summed E-state index contributed by atoms with van der Waals surface area (Å²) in [4.78, 5) is 0. The van der Waals surface area contributed by atoms with Crippen molar-refractivity contribution in [3.8, 4) is 0 Å². The predicted octanol–water partition coefficient (Wildman–Crippen LogP) is 6.55. The van der Waals surface area contributed by atoms with Crippen LogP contribution in [0, 0.1) is 12.2 Å². The summed E-state index contributed by atoms with van der Waals surface area (Å²) < 4.78 is 2.00. The van der Waals surface area contributed by atoms with Crippen molar-refractivity contribution in [2.24, 2.45) is 0 Å². The zero-order valence-electron chi connectivity index (χ0n) is 17.5. The van der Waals surface area contributed by atoms with Crippen molar-refractivity contribution in [1.82, 2.24) is 0 Å². The average Bonchev–Trinajstić information content (AvgIpc) is 3.26. The van der Waals surface area contributed by atoms with Crippen LogP contribution in [0.3, 0.4) is 0 Å². The molecule has 0 aromatic carbocycles. The Labute approximate surface area is 169 Å². The van der Waals surface area contributed by atoms with Crippen molar-refractivity contribution in [1.29, 1.82) is 0 Å². The maximum atomic E-state index is 3.97. The van der Waals surface area contributed by atoms with Crippen molar-refractivity contribution in [3.63, 3.8) is 0 Å². The van der Waals surface area contributed by atoms with Gasteiger partial charge in [0.25, 0.3) is 0 Å². The van der Waals surface area contributed by atoms with Crippen molar-refractivity contribution in [3.05, 3.63) is 58.2 Å². The molecule has 0 amide bonds. The van der Waals surface area contributed by atoms with E-state index in [1.807, 2.05) is 71.1 Å². The van der Waals surface area contributed by atoms with Gasteiger partial charge in [-0.25, -0.2) is 23.8 Å². The van der Waals surface area contributed by atoms with E-state index in [1.54, 1.807) is 0 Å². The molecule has 2 nitrogen and oxygen atoms in total. The summed E-state index contributed by atoms with van der Waals surface area (Å²) >= 11 is 2.00. The van der Waals surface area contributed by atoms with Crippen LogP contribution in [0.4, 0.5) is 0 Å². The molecule has 2 aliphatic carbocycles. The second kappa shape index (κ2) is 28.3. The smallest absolute Gasteiger partial charge is 0.109 e. The third-order valence-electron chi connectivity index (χ3n) is 2.61. The van der Waals surface area contributed by atoms with Crippen LogP contribution < -0.4 is 0 Å². The number of hydrogen-bond acceptors (Lipinski definition) is 0. The molecule has 3 heteroatoms. The fourth-order valence-corrected chi connectivity index (χ4v) is 1.53. The molecule has 0 aromatic rings. The topological polar surface area (TPSA) is 28.2 Å². The Bertz CT molecular complexity index is 359. The van der Waals surface area contributed by atoms with Gasteiger partial charge in [-0.1, -0.05) is 48.0 Å². The zero-order valence-corrected chi connectivity index (χ0v) is 19.1. The summed E-state index contributed by atoms with van der Waals surface area (Å²) in [6.07, 6.45) is 16.5. The SMILES string of the molecule is CC1=[C-]C(C)=CC1.CC[N-]CC.CC[N-]CC.C[CH]=[Ti].[C-]1=CC=CC1. The summed E-state index contributed by atoms with van der Waals surface area (Å²) in [6.45, 7) is 18.2. The van der Waals surface area contributed by atoms with Gasteiger partial charge in [-0.15, -0.1) is 6.42 Å². The Morgan fingerprint density at radius 3 is 1.60 bits per heavy atom. The van der Waals surface area contributed by atoms with E-state index in [4.69, 9.17) is 0 Å². The Balaban J connectivity index is -0.000000249. The second-order valence-corrected chi connectivity index (χ2v) is 5.90. The summed E-state index contributed by atoms with van der Waals surface area (Å²) in [5.74, 6) is 0. The van der Waals surface area contributed by atoms with Crippen molar-refractivity contribution in [2.75, 3.05) is 26.2 Å². The fourth-order valence-electron chi connectivity index (χ4n) is 1.53. The molecule has 2 aliphatic rings. The minimum absolute atomic E-state index is 0.969. The molecule has 0 aliphatic heterocycles. The molecule has 0 aromatic heterocycles. The maximum absolute atomic E-state index is 3.97. The minimum atomic E-state index is 0.969. The maximum Gasteiger partial charge on any atom is -0.109 e. The first-order valence-corrected chi connectivity index (χ1v) is 10.1. The van der Waals surface area contributed by atoms with Gasteiger partial charge in [-0.2, -0.15) is 37.8 Å². The Kier molecular flexibility index (Phi) is 33.1. The summed E-state index contributed by atoms with van der Waals surface area (Å²) in [6, 6.07) is 0. The first kappa shape index (κ1) is 29.2. The van der Waals surface area contributed by atoms with E-state index in [9.17, 15) is 0 Å². The van der Waals surface area contributed by atoms with Crippen LogP contribution in [0.5, 0.6) is 0 Å². The molecule has 0 heterocycles. The van der Waals surface area contributed by atoms with E-state index in [2.05, 4.69) is 48.8 Å². The molecule has 144 valence electrons. The predicted molar refractivity (Wildman–Crippen MR) is 113 cm³/mol. The molecule has 25 heavy (non-hydrogen) atoms. The normalized spacial score (nSPS) is 12.7. The van der Waals surface area contributed by atoms with Crippen LogP contribution in [0.2, 0.25) is 0 Å². The Morgan fingerprint density at radius 2 is 1.52 bits per heavy atom. The molecule has 0 saturated heterocycles. The van der Waals surface area contributed by atoms with Gasteiger partial charge < -0.3 is 10.6 Å². The Morgan fingerprint density at radius 1 is 1.04 bits per heavy atom. The van der Waals surface area contributed by atoms with E-state index in [0.29, 0.717) is 0 Å². The number of allylic oxidation sites excluding steroid dienone is 8. The summed E-state index contributed by atoms with van der Waals surface area (Å²) in [7, 11) is 0. The monoisotopic (exact) mass is 378 g/mol. The average molecular weight is 378 g/mol. The molecule has 2 rings (SSSR count). The number of nitrogens with zero attached hydrogens (tertiary/aromatic N) is 2. The largest absolute Gasteiger partial charge is 0.273 e. The van der Waals surface area contributed by atoms with Crippen LogP contribution in [-0.2, 0) is 20.0 Å². The van der Waals surface area contributed by atoms with Gasteiger partial charge in [0, 0.05) is 0 Å². The van der Waals surface area contributed by atoms with Crippen molar-refractivity contribution in [2.45, 2.75) is 61.3 Å². The van der Waals surface area contributed by atoms with Crippen LogP contribution >= 0.6 is 0 Å². The van der Waals surface area contributed by atoms with Gasteiger partial charge in [0.05, 0.1) is 0 Å². The first-order chi connectivity index (χ1) is 12.0. The van der Waals surface area contributed by atoms with Crippen molar-refractivity contribution < 1.29 is 20.0 Å². The molecule has 0 radical (unpaired) electrons. The van der Waals surface area contributed by atoms with E-state index in [0.717, 1.165) is 39.0 Å². The molecule has 0 fully saturated rings. The summed E-state index contributed by atoms with van der Waals surface area (Å²) in [5.41, 5.74) is 2.65. The minimum Gasteiger partial charge on any atom is -0.273 e. The van der Waals surface area contributed by atoms with E-state index in [-0.39, 0.29) is 0 Å². The van der Waals surface area contributed by atoms with Gasteiger partial charge in [0.15, 0.2) is 0 Å². The van der Waals surface area contributed by atoms with E-state index < -0.39 is 0 Å². The van der Waals surface area contributed by atoms with Crippen LogP contribution in [-0.4, -0.2) is 30.5 Å². The zero-order chi connectivity index (χ0) is 19.8. The van der Waals surface area contributed by atoms with Gasteiger partial charge in [-0.3, -0.25) is 12.2 Å². The standard InChI is InChI=1S/C7H9.C5H5.2C4H10N.C2H4.Ti/c1-6-3-4-7(2)5-6;1-2-4-5-3-1;2*1-3-5-4-2;1-2;/h3H,4H2,1-2H3;1-3H,4H2;2*3-4H2,1-2H3;1H,2H3;/q4*-1;;. The van der Waals surface area contributed by atoms with E-state index in [1.165, 1.54) is 11.1 Å². The molecule has 0 unspecified atom stereocenters. The van der Waals surface area contributed by atoms with Crippen LogP contribution in [0.1, 0.15) is 61.3 Å². The molecule has 0 N–H and O–H groups in total. The van der Waals surface area contributed by atoms with E-state index >= 15 is 0 Å². The van der Waals surface area contributed by atoms with Crippen LogP contribution in [0.25, 0.3) is 10.6 Å². The van der Waals surface area contributed by atoms with Crippen molar-refractivity contribution >= 4 is 4.31 Å². The number of rotatable bonds is 4. The third kappa shape index (κ3) is 35.4. The molecular weight excluding hydrogens is 340 g/mol. The molecule has 0 atom stereocenters. The Hall–Kier alpha value is -0.536. The number of hydrogen-bond donors (Lipinski definition) is 0. The third-order valence-corrected chi connectivity index (χ3v) is 2.61. The molecule has 0 saturated carbocycles. The molecule has 0 bridgehead atoms. The molecule has 0 spiro atoms. The van der Waals surface area contributed by atoms with Gasteiger partial charge >= 0.3 is 31.2 Å².